The second-order valence-electron chi connectivity index (χ2n) is 11.3. The van der Waals surface area contributed by atoms with E-state index >= 15 is 0 Å². The van der Waals surface area contributed by atoms with Gasteiger partial charge in [-0.05, 0) is 54.4 Å². The normalized spacial score (nSPS) is 11.5. The highest BCUT2D eigenvalue weighted by Crippen LogP contribution is 2.31. The number of imidazole rings is 1. The van der Waals surface area contributed by atoms with Crippen LogP contribution in [-0.2, 0) is 28.9 Å². The van der Waals surface area contributed by atoms with Crippen LogP contribution in [0.5, 0.6) is 0 Å². The van der Waals surface area contributed by atoms with Crippen molar-refractivity contribution in [1.29, 1.82) is 0 Å². The molecule has 2 N–H and O–H groups in total. The zero-order chi connectivity index (χ0) is 33.0. The molecule has 0 spiro atoms. The van der Waals surface area contributed by atoms with E-state index in [0.29, 0.717) is 22.6 Å². The number of alkyl halides is 3. The molecule has 3 heterocycles. The van der Waals surface area contributed by atoms with Gasteiger partial charge in [0.15, 0.2) is 18.2 Å². The van der Waals surface area contributed by atoms with Crippen molar-refractivity contribution in [1.82, 2.24) is 15.0 Å². The fraction of sp³-hybridized carbons (Fsp3) is 0.235. The van der Waals surface area contributed by atoms with Gasteiger partial charge in [-0.25, -0.2) is 19.5 Å². The minimum atomic E-state index is -4.57. The predicted octanol–water partition coefficient (Wildman–Crippen LogP) is 6.00. The molecule has 2 aromatic carbocycles. The second kappa shape index (κ2) is 13.3. The summed E-state index contributed by atoms with van der Waals surface area (Å²) in [6, 6.07) is 14.1. The summed E-state index contributed by atoms with van der Waals surface area (Å²) in [6.45, 7) is 7.25. The van der Waals surface area contributed by atoms with Crippen LogP contribution in [0, 0.1) is 19.8 Å². The topological polar surface area (TPSA) is 105 Å². The minimum absolute atomic E-state index is 0.0630. The maximum absolute atomic E-state index is 13.7. The first-order valence-corrected chi connectivity index (χ1v) is 14.5. The standard InChI is InChI=1S/C34H32F3N6O3/c1-21(2)32(45)46-20-42-11-5-6-26(18-42)29-9-10-38-33(40-29)41-30-15-25(8-7-22(30)3)31(44)14-24-12-27(34(35,36)37)16-28(13-24)43-17-23(4)39-19-43/h5-13,15-19,21H,14,20H2,1-4H3,(H,38,40,41)/q+1/p+1. The minimum Gasteiger partial charge on any atom is -0.405 e. The Morgan fingerprint density at radius 3 is 2.57 bits per heavy atom. The smallest absolute Gasteiger partial charge is 0.405 e. The third kappa shape index (κ3) is 7.81. The van der Waals surface area contributed by atoms with Crippen LogP contribution in [0.4, 0.5) is 24.8 Å². The maximum Gasteiger partial charge on any atom is 0.416 e. The first-order chi connectivity index (χ1) is 21.9. The lowest BCUT2D eigenvalue weighted by Gasteiger charge is -2.12. The van der Waals surface area contributed by atoms with Gasteiger partial charge in [-0.2, -0.15) is 17.7 Å². The number of hydrogen-bond acceptors (Lipinski definition) is 6. The number of pyridine rings is 1. The summed E-state index contributed by atoms with van der Waals surface area (Å²) in [5, 5.41) is 3.16. The summed E-state index contributed by atoms with van der Waals surface area (Å²) in [6.07, 6.45) is 3.62. The molecular weight excluding hydrogens is 597 g/mol. The average molecular weight is 631 g/mol. The summed E-state index contributed by atoms with van der Waals surface area (Å²) >= 11 is 0. The van der Waals surface area contributed by atoms with Crippen LogP contribution in [0.25, 0.3) is 16.9 Å². The van der Waals surface area contributed by atoms with Crippen LogP contribution in [-0.4, -0.2) is 26.7 Å². The lowest BCUT2D eigenvalue weighted by Crippen LogP contribution is -2.36. The molecule has 0 fully saturated rings. The number of carbonyl (C=O) groups excluding carboxylic acids is 2. The van der Waals surface area contributed by atoms with E-state index in [4.69, 9.17) is 4.74 Å². The number of benzene rings is 2. The molecule has 0 amide bonds. The van der Waals surface area contributed by atoms with Crippen LogP contribution >= 0.6 is 0 Å². The third-order valence-corrected chi connectivity index (χ3v) is 7.17. The van der Waals surface area contributed by atoms with E-state index in [1.54, 1.807) is 91.4 Å². The number of aromatic nitrogens is 5. The van der Waals surface area contributed by atoms with Gasteiger partial charge in [0.2, 0.25) is 12.3 Å². The molecule has 0 saturated heterocycles. The second-order valence-corrected chi connectivity index (χ2v) is 11.3. The molecule has 0 aliphatic carbocycles. The van der Waals surface area contributed by atoms with Crippen LogP contribution in [0.15, 0.2) is 85.7 Å². The molecule has 236 valence electrons. The lowest BCUT2D eigenvalue weighted by molar-refractivity contribution is -0.727. The Morgan fingerprint density at radius 2 is 1.85 bits per heavy atom. The molecule has 0 unspecified atom stereocenters. The number of H-pyrrole nitrogens is 1. The van der Waals surface area contributed by atoms with Crippen LogP contribution < -0.4 is 14.5 Å². The van der Waals surface area contributed by atoms with Gasteiger partial charge in [-0.1, -0.05) is 26.0 Å². The number of ketones is 1. The number of hydrogen-bond donors (Lipinski definition) is 2. The van der Waals surface area contributed by atoms with E-state index in [2.05, 4.69) is 20.3 Å². The van der Waals surface area contributed by atoms with Crippen LogP contribution in [0.3, 0.4) is 0 Å². The predicted molar refractivity (Wildman–Crippen MR) is 163 cm³/mol. The summed E-state index contributed by atoms with van der Waals surface area (Å²) < 4.78 is 49.8. The first-order valence-electron chi connectivity index (χ1n) is 14.5. The van der Waals surface area contributed by atoms with Crippen molar-refractivity contribution < 1.29 is 36.6 Å². The molecule has 0 aliphatic rings. The monoisotopic (exact) mass is 630 g/mol. The van der Waals surface area contributed by atoms with Crippen molar-refractivity contribution in [3.05, 3.63) is 114 Å². The zero-order valence-electron chi connectivity index (χ0n) is 25.7. The van der Waals surface area contributed by atoms with E-state index < -0.39 is 11.7 Å². The van der Waals surface area contributed by atoms with Gasteiger partial charge < -0.3 is 10.1 Å². The Bertz CT molecular complexity index is 1900. The van der Waals surface area contributed by atoms with Gasteiger partial charge in [0, 0.05) is 36.9 Å². The number of nitrogens with zero attached hydrogens (tertiary/aromatic N) is 4. The molecule has 9 nitrogen and oxygen atoms in total. The van der Waals surface area contributed by atoms with Gasteiger partial charge in [-0.15, -0.1) is 0 Å². The molecule has 0 saturated carbocycles. The van der Waals surface area contributed by atoms with Crippen molar-refractivity contribution >= 4 is 23.4 Å². The van der Waals surface area contributed by atoms with Gasteiger partial charge in [0.05, 0.1) is 22.7 Å². The average Bonchev–Trinajstić information content (AvgIpc) is 3.46. The summed E-state index contributed by atoms with van der Waals surface area (Å²) in [7, 11) is 0. The van der Waals surface area contributed by atoms with Crippen LogP contribution in [0.1, 0.15) is 46.6 Å². The van der Waals surface area contributed by atoms with Crippen molar-refractivity contribution in [2.75, 3.05) is 5.32 Å². The molecule has 0 atom stereocenters. The number of Topliss-reactive ketones (excluding diaryl/α,β-unsaturated/α-hetero) is 1. The number of aromatic amines is 1. The number of anilines is 2. The van der Waals surface area contributed by atoms with E-state index in [-0.39, 0.29) is 42.3 Å². The zero-order valence-corrected chi connectivity index (χ0v) is 25.7. The summed E-state index contributed by atoms with van der Waals surface area (Å²) in [5.41, 5.74) is 3.59. The van der Waals surface area contributed by atoms with Gasteiger partial charge in [-0.3, -0.25) is 9.59 Å². The molecule has 0 bridgehead atoms. The lowest BCUT2D eigenvalue weighted by atomic mass is 9.99. The van der Waals surface area contributed by atoms with E-state index in [1.807, 2.05) is 19.1 Å². The highest BCUT2D eigenvalue weighted by Gasteiger charge is 2.32. The third-order valence-electron chi connectivity index (χ3n) is 7.17. The molecule has 0 aliphatic heterocycles. The molecule has 5 aromatic rings. The molecule has 0 radical (unpaired) electrons. The maximum atomic E-state index is 13.7. The molecule has 5 rings (SSSR count). The molecule has 46 heavy (non-hydrogen) atoms. The number of ether oxygens (including phenoxy) is 1. The Morgan fingerprint density at radius 1 is 1.04 bits per heavy atom. The van der Waals surface area contributed by atoms with Gasteiger partial charge in [0.25, 0.3) is 6.73 Å². The molecule has 12 heteroatoms. The highest BCUT2D eigenvalue weighted by molar-refractivity contribution is 5.98. The van der Waals surface area contributed by atoms with E-state index in [0.717, 1.165) is 29.0 Å². The number of esters is 1. The van der Waals surface area contributed by atoms with E-state index in [9.17, 15) is 22.8 Å². The van der Waals surface area contributed by atoms with Crippen LogP contribution in [0.2, 0.25) is 0 Å². The largest absolute Gasteiger partial charge is 0.416 e. The number of carbonyl (C=O) groups is 2. The number of rotatable bonds is 10. The summed E-state index contributed by atoms with van der Waals surface area (Å²) in [5.74, 6) is -0.588. The molecular formula is C34H33F3N6O3+2. The fourth-order valence-electron chi connectivity index (χ4n) is 4.67. The molecule has 3 aromatic heterocycles. The van der Waals surface area contributed by atoms with Crippen molar-refractivity contribution in [2.45, 2.75) is 47.0 Å². The fourth-order valence-corrected chi connectivity index (χ4v) is 4.67. The van der Waals surface area contributed by atoms with Crippen molar-refractivity contribution in [3.8, 4) is 16.9 Å². The van der Waals surface area contributed by atoms with Gasteiger partial charge >= 0.3 is 12.1 Å². The SMILES string of the molecule is Cc1c[n+](-c2cc(CC(=O)c3ccc(C)c(Nc4nccc(-c5ccc[n+](COC(=O)C(C)C)c5)n4)c3)cc(C(F)(F)F)c2)c[nH]1. The summed E-state index contributed by atoms with van der Waals surface area (Å²) in [4.78, 5) is 37.1. The Kier molecular flexibility index (Phi) is 9.26. The first kappa shape index (κ1) is 32.0. The van der Waals surface area contributed by atoms with Gasteiger partial charge in [0.1, 0.15) is 17.6 Å². The van der Waals surface area contributed by atoms with E-state index in [1.165, 1.54) is 0 Å². The number of halogens is 3. The van der Waals surface area contributed by atoms with Crippen molar-refractivity contribution in [2.24, 2.45) is 5.92 Å². The number of nitrogens with one attached hydrogen (secondary N) is 2. The Labute approximate surface area is 263 Å². The quantitative estimate of drug-likeness (QED) is 0.112. The highest BCUT2D eigenvalue weighted by atomic mass is 19.4. The Hall–Kier alpha value is -5.39. The number of aryl methyl sites for hydroxylation is 2. The Balaban J connectivity index is 1.35. The van der Waals surface area contributed by atoms with Crippen molar-refractivity contribution in [3.63, 3.8) is 0 Å².